The molecule has 3 atom stereocenters. The van der Waals surface area contributed by atoms with E-state index in [1.165, 1.54) is 5.56 Å². The molecule has 2 aliphatic rings. The number of benzene rings is 1. The molecule has 5 nitrogen and oxygen atoms in total. The first-order valence-corrected chi connectivity index (χ1v) is 8.02. The number of nitrogens with zero attached hydrogens (tertiary/aromatic N) is 2. The van der Waals surface area contributed by atoms with E-state index in [2.05, 4.69) is 27.4 Å². The normalized spacial score (nSPS) is 26.7. The second kappa shape index (κ2) is 5.92. The summed E-state index contributed by atoms with van der Waals surface area (Å²) >= 11 is 5.76. The maximum atomic E-state index is 6.07. The van der Waals surface area contributed by atoms with Crippen molar-refractivity contribution in [2.45, 2.75) is 24.7 Å². The molecule has 0 radical (unpaired) electrons. The molecule has 23 heavy (non-hydrogen) atoms. The summed E-state index contributed by atoms with van der Waals surface area (Å²) in [7, 11) is 0. The number of ether oxygens (including phenoxy) is 1. The van der Waals surface area contributed by atoms with Gasteiger partial charge in [-0.05, 0) is 24.1 Å². The second-order valence-corrected chi connectivity index (χ2v) is 6.27. The van der Waals surface area contributed by atoms with Gasteiger partial charge in [-0.25, -0.2) is 9.98 Å². The summed E-state index contributed by atoms with van der Waals surface area (Å²) in [4.78, 5) is 8.36. The van der Waals surface area contributed by atoms with Crippen molar-refractivity contribution in [1.82, 2.24) is 10.3 Å². The van der Waals surface area contributed by atoms with Crippen LogP contribution in [-0.2, 0) is 4.74 Å². The molecular weight excluding hydrogens is 312 g/mol. The molecule has 6 heteroatoms. The molecule has 2 aliphatic heterocycles. The van der Waals surface area contributed by atoms with Crippen LogP contribution in [0.2, 0.25) is 5.15 Å². The van der Waals surface area contributed by atoms with Crippen molar-refractivity contribution in [3.8, 4) is 0 Å². The summed E-state index contributed by atoms with van der Waals surface area (Å²) in [6.07, 6.45) is 3.19. The van der Waals surface area contributed by atoms with Crippen LogP contribution in [0.4, 0.5) is 5.69 Å². The van der Waals surface area contributed by atoms with Crippen molar-refractivity contribution in [2.75, 3.05) is 6.54 Å². The fourth-order valence-corrected chi connectivity index (χ4v) is 3.27. The van der Waals surface area contributed by atoms with E-state index in [1.54, 1.807) is 18.3 Å². The van der Waals surface area contributed by atoms with Crippen LogP contribution in [0.1, 0.15) is 23.7 Å². The third-order valence-corrected chi connectivity index (χ3v) is 4.55. The molecule has 2 bridgehead atoms. The van der Waals surface area contributed by atoms with Gasteiger partial charge in [0.2, 0.25) is 0 Å². The molecule has 0 amide bonds. The van der Waals surface area contributed by atoms with E-state index in [9.17, 15) is 0 Å². The molecule has 1 aromatic heterocycles. The number of hydrogen-bond donors (Lipinski definition) is 2. The van der Waals surface area contributed by atoms with Gasteiger partial charge < -0.3 is 15.8 Å². The molecule has 0 unspecified atom stereocenters. The Labute approximate surface area is 139 Å². The van der Waals surface area contributed by atoms with Gasteiger partial charge in [-0.15, -0.1) is 0 Å². The van der Waals surface area contributed by atoms with Gasteiger partial charge in [-0.3, -0.25) is 0 Å². The Bertz CT molecular complexity index is 729. The molecule has 1 aromatic carbocycles. The van der Waals surface area contributed by atoms with Gasteiger partial charge in [0.1, 0.15) is 11.0 Å². The van der Waals surface area contributed by atoms with Crippen molar-refractivity contribution in [2.24, 2.45) is 10.7 Å². The SMILES string of the molecule is NC(=Nc1ccc(Cl)nc1)c1ccc([C@H]2O[C@@H]3CN[C@H]2C3)cc1. The van der Waals surface area contributed by atoms with E-state index in [-0.39, 0.29) is 6.10 Å². The topological polar surface area (TPSA) is 72.5 Å². The van der Waals surface area contributed by atoms with Gasteiger partial charge in [0.15, 0.2) is 0 Å². The summed E-state index contributed by atoms with van der Waals surface area (Å²) in [5.41, 5.74) is 8.80. The number of morpholine rings is 1. The van der Waals surface area contributed by atoms with Gasteiger partial charge >= 0.3 is 0 Å². The Morgan fingerprint density at radius 3 is 2.70 bits per heavy atom. The van der Waals surface area contributed by atoms with Crippen molar-refractivity contribution < 1.29 is 4.74 Å². The van der Waals surface area contributed by atoms with Crippen LogP contribution in [0.5, 0.6) is 0 Å². The Hall–Kier alpha value is -1.95. The van der Waals surface area contributed by atoms with Crippen LogP contribution in [0.15, 0.2) is 47.6 Å². The minimum atomic E-state index is 0.140. The Morgan fingerprint density at radius 1 is 1.26 bits per heavy atom. The lowest BCUT2D eigenvalue weighted by Gasteiger charge is -2.23. The molecule has 3 N–H and O–H groups in total. The zero-order valence-corrected chi connectivity index (χ0v) is 13.2. The first-order chi connectivity index (χ1) is 11.2. The van der Waals surface area contributed by atoms with Crippen molar-refractivity contribution in [1.29, 1.82) is 0 Å². The highest BCUT2D eigenvalue weighted by atomic mass is 35.5. The highest BCUT2D eigenvalue weighted by Gasteiger charge is 2.41. The van der Waals surface area contributed by atoms with E-state index in [1.807, 2.05) is 12.1 Å². The van der Waals surface area contributed by atoms with E-state index >= 15 is 0 Å². The number of hydrogen-bond acceptors (Lipinski definition) is 4. The summed E-state index contributed by atoms with van der Waals surface area (Å²) < 4.78 is 6.01. The number of aromatic nitrogens is 1. The van der Waals surface area contributed by atoms with E-state index < -0.39 is 0 Å². The van der Waals surface area contributed by atoms with Gasteiger partial charge in [0, 0.05) is 18.2 Å². The molecule has 2 fully saturated rings. The lowest BCUT2D eigenvalue weighted by molar-refractivity contribution is 0.0160. The van der Waals surface area contributed by atoms with Crippen molar-refractivity contribution >= 4 is 23.1 Å². The van der Waals surface area contributed by atoms with Gasteiger partial charge in [0.05, 0.1) is 24.1 Å². The highest BCUT2D eigenvalue weighted by molar-refractivity contribution is 6.29. The predicted octanol–water partition coefficient (Wildman–Crippen LogP) is 2.57. The van der Waals surface area contributed by atoms with E-state index in [4.69, 9.17) is 22.1 Å². The average molecular weight is 329 g/mol. The summed E-state index contributed by atoms with van der Waals surface area (Å²) in [6.45, 7) is 0.966. The molecule has 0 aliphatic carbocycles. The zero-order chi connectivity index (χ0) is 15.8. The quantitative estimate of drug-likeness (QED) is 0.516. The lowest BCUT2D eigenvalue weighted by Crippen LogP contribution is -2.34. The number of rotatable bonds is 3. The second-order valence-electron chi connectivity index (χ2n) is 5.89. The summed E-state index contributed by atoms with van der Waals surface area (Å²) in [5, 5.41) is 3.92. The molecule has 4 rings (SSSR count). The van der Waals surface area contributed by atoms with Crippen LogP contribution in [0.3, 0.4) is 0 Å². The van der Waals surface area contributed by atoms with Crippen LogP contribution < -0.4 is 11.1 Å². The molecular formula is C17H17ClN4O. The maximum absolute atomic E-state index is 6.07. The Kier molecular flexibility index (Phi) is 3.77. The minimum Gasteiger partial charge on any atom is -0.383 e. The minimum absolute atomic E-state index is 0.140. The summed E-state index contributed by atoms with van der Waals surface area (Å²) in [5.74, 6) is 0.452. The van der Waals surface area contributed by atoms with Crippen molar-refractivity contribution in [3.05, 3.63) is 58.9 Å². The molecule has 3 heterocycles. The maximum Gasteiger partial charge on any atom is 0.131 e. The van der Waals surface area contributed by atoms with Crippen LogP contribution in [0, 0.1) is 0 Å². The number of nitrogens with one attached hydrogen (secondary N) is 1. The third kappa shape index (κ3) is 2.95. The van der Waals surface area contributed by atoms with Gasteiger partial charge in [0.25, 0.3) is 0 Å². The molecule has 0 saturated carbocycles. The molecule has 0 spiro atoms. The predicted molar refractivity (Wildman–Crippen MR) is 90.1 cm³/mol. The number of fused-ring (bicyclic) bond motifs is 2. The van der Waals surface area contributed by atoms with E-state index in [0.29, 0.717) is 28.8 Å². The average Bonchev–Trinajstić information content (AvgIpc) is 3.20. The zero-order valence-electron chi connectivity index (χ0n) is 12.4. The molecule has 118 valence electrons. The highest BCUT2D eigenvalue weighted by Crippen LogP contribution is 2.36. The number of amidine groups is 1. The number of halogens is 1. The number of pyridine rings is 1. The van der Waals surface area contributed by atoms with E-state index in [0.717, 1.165) is 18.5 Å². The van der Waals surface area contributed by atoms with Crippen LogP contribution in [0.25, 0.3) is 0 Å². The standard InChI is InChI=1S/C17H17ClN4O/c18-15-6-5-12(8-21-15)22-17(19)11-3-1-10(2-4-11)16-14-7-13(23-16)9-20-14/h1-6,8,13-14,16,20H,7,9H2,(H2,19,22)/t13-,14-,16+/m0/s1. The number of aliphatic imine (C=N–C) groups is 1. The van der Waals surface area contributed by atoms with Crippen LogP contribution >= 0.6 is 11.6 Å². The van der Waals surface area contributed by atoms with Crippen LogP contribution in [-0.4, -0.2) is 29.5 Å². The monoisotopic (exact) mass is 328 g/mol. The smallest absolute Gasteiger partial charge is 0.131 e. The fraction of sp³-hybridized carbons (Fsp3) is 0.294. The first-order valence-electron chi connectivity index (χ1n) is 7.64. The van der Waals surface area contributed by atoms with Gasteiger partial charge in [-0.1, -0.05) is 35.9 Å². The first kappa shape index (κ1) is 14.6. The largest absolute Gasteiger partial charge is 0.383 e. The third-order valence-electron chi connectivity index (χ3n) is 4.33. The van der Waals surface area contributed by atoms with Gasteiger partial charge in [-0.2, -0.15) is 0 Å². The number of nitrogens with two attached hydrogens (primary N) is 1. The fourth-order valence-electron chi connectivity index (χ4n) is 3.16. The Morgan fingerprint density at radius 2 is 2.09 bits per heavy atom. The Balaban J connectivity index is 1.52. The molecule has 2 saturated heterocycles. The molecule has 2 aromatic rings. The summed E-state index contributed by atoms with van der Waals surface area (Å²) in [6, 6.07) is 12.0. The van der Waals surface area contributed by atoms with Crippen molar-refractivity contribution in [3.63, 3.8) is 0 Å². The lowest BCUT2D eigenvalue weighted by atomic mass is 10.0.